The lowest BCUT2D eigenvalue weighted by atomic mass is 9.97. The summed E-state index contributed by atoms with van der Waals surface area (Å²) < 4.78 is 3.77. The first kappa shape index (κ1) is 15.7. The molecule has 1 atom stereocenters. The Morgan fingerprint density at radius 1 is 1.39 bits per heavy atom. The average Bonchev–Trinajstić information content (AvgIpc) is 3.22. The number of amides is 1. The maximum atomic E-state index is 12.6. The lowest BCUT2D eigenvalue weighted by molar-refractivity contribution is -0.135. The number of piperidine rings is 1. The molecule has 0 N–H and O–H groups in total. The summed E-state index contributed by atoms with van der Waals surface area (Å²) in [5.41, 5.74) is 0. The summed E-state index contributed by atoms with van der Waals surface area (Å²) >= 11 is 0. The molecule has 2 aromatic rings. The predicted octanol–water partition coefficient (Wildman–Crippen LogP) is 1.42. The third-order valence-electron chi connectivity index (χ3n) is 4.59. The van der Waals surface area contributed by atoms with E-state index < -0.39 is 0 Å². The molecule has 1 aliphatic rings. The Morgan fingerprint density at radius 3 is 3.04 bits per heavy atom. The summed E-state index contributed by atoms with van der Waals surface area (Å²) in [5.74, 6) is 1.32. The second-order valence-electron chi connectivity index (χ2n) is 6.14. The van der Waals surface area contributed by atoms with Crippen LogP contribution >= 0.6 is 0 Å². The molecule has 0 aliphatic carbocycles. The van der Waals surface area contributed by atoms with Crippen LogP contribution in [0.2, 0.25) is 0 Å². The number of hydrogen-bond donors (Lipinski definition) is 0. The number of likely N-dealkylation sites (tertiary alicyclic amines) is 1. The molecule has 1 unspecified atom stereocenters. The van der Waals surface area contributed by atoms with Crippen molar-refractivity contribution in [3.8, 4) is 0 Å². The molecule has 1 fully saturated rings. The summed E-state index contributed by atoms with van der Waals surface area (Å²) in [5, 5.41) is 4.06. The van der Waals surface area contributed by atoms with Crippen molar-refractivity contribution in [2.45, 2.75) is 51.1 Å². The largest absolute Gasteiger partial charge is 0.340 e. The molecule has 1 saturated heterocycles. The van der Waals surface area contributed by atoms with E-state index in [0.717, 1.165) is 38.1 Å². The lowest BCUT2D eigenvalue weighted by Gasteiger charge is -2.36. The van der Waals surface area contributed by atoms with Crippen molar-refractivity contribution >= 4 is 5.91 Å². The lowest BCUT2D eigenvalue weighted by Crippen LogP contribution is -2.44. The molecular weight excluding hydrogens is 292 g/mol. The molecule has 7 heteroatoms. The molecule has 2 aromatic heterocycles. The molecule has 3 heterocycles. The second-order valence-corrected chi connectivity index (χ2v) is 6.14. The molecule has 0 spiro atoms. The van der Waals surface area contributed by atoms with E-state index in [1.807, 2.05) is 19.4 Å². The van der Waals surface area contributed by atoms with Crippen molar-refractivity contribution in [2.75, 3.05) is 6.54 Å². The summed E-state index contributed by atoms with van der Waals surface area (Å²) in [7, 11) is 2.02. The first-order chi connectivity index (χ1) is 11.2. The Balaban J connectivity index is 1.54. The number of carbonyl (C=O) groups excluding carboxylic acids is 1. The quantitative estimate of drug-likeness (QED) is 0.808. The van der Waals surface area contributed by atoms with Gasteiger partial charge in [0.2, 0.25) is 5.91 Å². The molecule has 0 radical (unpaired) electrons. The first-order valence-corrected chi connectivity index (χ1v) is 8.32. The van der Waals surface area contributed by atoms with Crippen LogP contribution in [0, 0.1) is 0 Å². The fourth-order valence-electron chi connectivity index (χ4n) is 3.26. The molecule has 1 aliphatic heterocycles. The summed E-state index contributed by atoms with van der Waals surface area (Å²) in [4.78, 5) is 22.9. The van der Waals surface area contributed by atoms with Gasteiger partial charge in [0, 0.05) is 44.9 Å². The van der Waals surface area contributed by atoms with Crippen molar-refractivity contribution in [1.82, 2.24) is 29.2 Å². The SMILES string of the molecule is Cn1ccnc1CCC1CCCCN1C(=O)CCn1cncn1. The monoisotopic (exact) mass is 316 g/mol. The Hall–Kier alpha value is -2.18. The third kappa shape index (κ3) is 3.97. The van der Waals surface area contributed by atoms with Gasteiger partial charge < -0.3 is 9.47 Å². The van der Waals surface area contributed by atoms with Crippen molar-refractivity contribution in [1.29, 1.82) is 0 Å². The Labute approximate surface area is 136 Å². The molecular formula is C16H24N6O. The van der Waals surface area contributed by atoms with Crippen molar-refractivity contribution in [3.63, 3.8) is 0 Å². The van der Waals surface area contributed by atoms with Crippen molar-refractivity contribution in [3.05, 3.63) is 30.9 Å². The van der Waals surface area contributed by atoms with Gasteiger partial charge in [0.15, 0.2) is 0 Å². The normalized spacial score (nSPS) is 18.3. The number of imidazole rings is 1. The number of carbonyl (C=O) groups is 1. The maximum Gasteiger partial charge on any atom is 0.224 e. The van der Waals surface area contributed by atoms with Crippen LogP contribution < -0.4 is 0 Å². The van der Waals surface area contributed by atoms with Crippen LogP contribution in [-0.2, 0) is 24.8 Å². The zero-order chi connectivity index (χ0) is 16.1. The van der Waals surface area contributed by atoms with Gasteiger partial charge in [-0.2, -0.15) is 5.10 Å². The second kappa shape index (κ2) is 7.39. The highest BCUT2D eigenvalue weighted by Crippen LogP contribution is 2.22. The number of aryl methyl sites for hydroxylation is 3. The number of aromatic nitrogens is 5. The van der Waals surface area contributed by atoms with Gasteiger partial charge in [0.05, 0.1) is 6.54 Å². The summed E-state index contributed by atoms with van der Waals surface area (Å²) in [6.07, 6.45) is 12.8. The van der Waals surface area contributed by atoms with Gasteiger partial charge in [-0.05, 0) is 25.7 Å². The summed E-state index contributed by atoms with van der Waals surface area (Å²) in [6.45, 7) is 1.48. The van der Waals surface area contributed by atoms with Gasteiger partial charge in [-0.15, -0.1) is 0 Å². The van der Waals surface area contributed by atoms with Crippen LogP contribution in [0.25, 0.3) is 0 Å². The van der Waals surface area contributed by atoms with E-state index in [4.69, 9.17) is 0 Å². The molecule has 0 saturated carbocycles. The number of rotatable bonds is 6. The number of nitrogens with zero attached hydrogens (tertiary/aromatic N) is 6. The van der Waals surface area contributed by atoms with E-state index in [9.17, 15) is 4.79 Å². The zero-order valence-corrected chi connectivity index (χ0v) is 13.6. The standard InChI is InChI=1S/C16H24N6O/c1-20-11-8-18-15(20)6-5-14-4-2-3-9-22(14)16(23)7-10-21-13-17-12-19-21/h8,11-14H,2-7,9-10H2,1H3. The molecule has 124 valence electrons. The average molecular weight is 316 g/mol. The zero-order valence-electron chi connectivity index (χ0n) is 13.6. The molecule has 23 heavy (non-hydrogen) atoms. The smallest absolute Gasteiger partial charge is 0.224 e. The minimum Gasteiger partial charge on any atom is -0.340 e. The van der Waals surface area contributed by atoms with Gasteiger partial charge in [0.1, 0.15) is 18.5 Å². The van der Waals surface area contributed by atoms with E-state index in [2.05, 4.69) is 24.5 Å². The minimum absolute atomic E-state index is 0.227. The van der Waals surface area contributed by atoms with Crippen molar-refractivity contribution in [2.24, 2.45) is 7.05 Å². The van der Waals surface area contributed by atoms with Crippen LogP contribution in [-0.4, -0.2) is 47.7 Å². The van der Waals surface area contributed by atoms with Crippen LogP contribution in [0.15, 0.2) is 25.0 Å². The van der Waals surface area contributed by atoms with E-state index in [-0.39, 0.29) is 5.91 Å². The predicted molar refractivity (Wildman–Crippen MR) is 85.5 cm³/mol. The van der Waals surface area contributed by atoms with Gasteiger partial charge in [-0.1, -0.05) is 0 Å². The van der Waals surface area contributed by atoms with E-state index >= 15 is 0 Å². The fraction of sp³-hybridized carbons (Fsp3) is 0.625. The van der Waals surface area contributed by atoms with Gasteiger partial charge in [-0.25, -0.2) is 9.97 Å². The van der Waals surface area contributed by atoms with Crippen LogP contribution in [0.3, 0.4) is 0 Å². The molecule has 3 rings (SSSR count). The summed E-state index contributed by atoms with van der Waals surface area (Å²) in [6, 6.07) is 0.337. The molecule has 0 bridgehead atoms. The first-order valence-electron chi connectivity index (χ1n) is 8.32. The van der Waals surface area contributed by atoms with Gasteiger partial charge >= 0.3 is 0 Å². The molecule has 0 aromatic carbocycles. The third-order valence-corrected chi connectivity index (χ3v) is 4.59. The Kier molecular flexibility index (Phi) is 5.05. The maximum absolute atomic E-state index is 12.6. The Bertz CT molecular complexity index is 620. The van der Waals surface area contributed by atoms with E-state index in [1.165, 1.54) is 12.7 Å². The fourth-order valence-corrected chi connectivity index (χ4v) is 3.26. The highest BCUT2D eigenvalue weighted by atomic mass is 16.2. The van der Waals surface area contributed by atoms with Crippen molar-refractivity contribution < 1.29 is 4.79 Å². The van der Waals surface area contributed by atoms with E-state index in [0.29, 0.717) is 19.0 Å². The highest BCUT2D eigenvalue weighted by Gasteiger charge is 2.26. The van der Waals surface area contributed by atoms with Gasteiger partial charge in [0.25, 0.3) is 0 Å². The minimum atomic E-state index is 0.227. The van der Waals surface area contributed by atoms with Crippen LogP contribution in [0.5, 0.6) is 0 Å². The number of hydrogen-bond acceptors (Lipinski definition) is 4. The topological polar surface area (TPSA) is 68.8 Å². The van der Waals surface area contributed by atoms with Crippen LogP contribution in [0.4, 0.5) is 0 Å². The Morgan fingerprint density at radius 2 is 2.30 bits per heavy atom. The highest BCUT2D eigenvalue weighted by molar-refractivity contribution is 5.76. The van der Waals surface area contributed by atoms with Gasteiger partial charge in [-0.3, -0.25) is 9.48 Å². The van der Waals surface area contributed by atoms with Crippen LogP contribution in [0.1, 0.15) is 37.9 Å². The molecule has 7 nitrogen and oxygen atoms in total. The van der Waals surface area contributed by atoms with E-state index in [1.54, 1.807) is 11.0 Å². The molecule has 1 amide bonds.